The Labute approximate surface area is 82.6 Å². The minimum absolute atomic E-state index is 0.0258. The van der Waals surface area contributed by atoms with E-state index in [-0.39, 0.29) is 18.7 Å². The highest BCUT2D eigenvalue weighted by Gasteiger charge is 2.28. The molecule has 0 spiro atoms. The number of likely N-dealkylation sites (tertiary alicyclic amines) is 1. The van der Waals surface area contributed by atoms with Crippen LogP contribution in [0.2, 0.25) is 0 Å². The first-order valence-electron chi connectivity index (χ1n) is 4.78. The maximum Gasteiger partial charge on any atom is 0.329 e. The Morgan fingerprint density at radius 1 is 1.57 bits per heavy atom. The van der Waals surface area contributed by atoms with E-state index in [0.29, 0.717) is 13.0 Å². The molecule has 5 nitrogen and oxygen atoms in total. The van der Waals surface area contributed by atoms with Crippen LogP contribution in [-0.4, -0.2) is 41.3 Å². The first-order chi connectivity index (χ1) is 6.65. The summed E-state index contributed by atoms with van der Waals surface area (Å²) in [7, 11) is 0. The van der Waals surface area contributed by atoms with Crippen molar-refractivity contribution in [2.24, 2.45) is 0 Å². The molecule has 1 heterocycles. The Morgan fingerprint density at radius 2 is 2.29 bits per heavy atom. The lowest BCUT2D eigenvalue weighted by atomic mass is 10.3. The molecule has 1 amide bonds. The van der Waals surface area contributed by atoms with E-state index in [1.54, 1.807) is 11.8 Å². The Bertz CT molecular complexity index is 229. The number of hydrogen-bond donors (Lipinski definition) is 1. The summed E-state index contributed by atoms with van der Waals surface area (Å²) in [6, 6.07) is 0. The zero-order chi connectivity index (χ0) is 10.6. The first-order valence-corrected chi connectivity index (χ1v) is 4.78. The van der Waals surface area contributed by atoms with E-state index in [1.165, 1.54) is 0 Å². The van der Waals surface area contributed by atoms with E-state index in [2.05, 4.69) is 0 Å². The molecule has 1 rings (SSSR count). The van der Waals surface area contributed by atoms with Gasteiger partial charge in [0.1, 0.15) is 12.8 Å². The number of carbonyl (C=O) groups excluding carboxylic acids is 1. The fourth-order valence-electron chi connectivity index (χ4n) is 1.57. The Morgan fingerprint density at radius 3 is 2.86 bits per heavy atom. The number of ether oxygens (including phenoxy) is 1. The van der Waals surface area contributed by atoms with Gasteiger partial charge < -0.3 is 14.7 Å². The van der Waals surface area contributed by atoms with Gasteiger partial charge in [0.25, 0.3) is 0 Å². The summed E-state index contributed by atoms with van der Waals surface area (Å²) >= 11 is 0. The van der Waals surface area contributed by atoms with Crippen LogP contribution in [0.3, 0.4) is 0 Å². The number of carboxylic acid groups (broad SMARTS) is 1. The number of carbonyl (C=O) groups is 2. The van der Waals surface area contributed by atoms with Gasteiger partial charge in [-0.2, -0.15) is 0 Å². The highest BCUT2D eigenvalue weighted by atomic mass is 16.5. The summed E-state index contributed by atoms with van der Waals surface area (Å²) in [5.74, 6) is -0.973. The molecule has 0 aromatic heterocycles. The quantitative estimate of drug-likeness (QED) is 0.717. The van der Waals surface area contributed by atoms with E-state index in [0.717, 1.165) is 12.8 Å². The lowest BCUT2D eigenvalue weighted by molar-refractivity contribution is -0.154. The van der Waals surface area contributed by atoms with E-state index in [9.17, 15) is 9.59 Å². The third-order valence-corrected chi connectivity index (χ3v) is 2.22. The molecule has 1 atom stereocenters. The molecule has 0 bridgehead atoms. The smallest absolute Gasteiger partial charge is 0.329 e. The van der Waals surface area contributed by atoms with Gasteiger partial charge in [-0.05, 0) is 12.8 Å². The summed E-state index contributed by atoms with van der Waals surface area (Å²) < 4.78 is 5.11. The molecule has 0 aromatic carbocycles. The highest BCUT2D eigenvalue weighted by Crippen LogP contribution is 2.18. The molecule has 1 fully saturated rings. The fourth-order valence-corrected chi connectivity index (χ4v) is 1.57. The normalized spacial score (nSPS) is 21.2. The highest BCUT2D eigenvalue weighted by molar-refractivity contribution is 5.76. The van der Waals surface area contributed by atoms with Gasteiger partial charge >= 0.3 is 5.97 Å². The summed E-state index contributed by atoms with van der Waals surface area (Å²) in [5.41, 5.74) is 0. The second-order valence-corrected chi connectivity index (χ2v) is 3.24. The van der Waals surface area contributed by atoms with Crippen molar-refractivity contribution in [3.8, 4) is 0 Å². The Kier molecular flexibility index (Phi) is 3.88. The molecular formula is C9H15NO4. The van der Waals surface area contributed by atoms with Crippen LogP contribution < -0.4 is 0 Å². The summed E-state index contributed by atoms with van der Waals surface area (Å²) in [5, 5.41) is 8.43. The number of carboxylic acids is 1. The molecule has 0 radical (unpaired) electrons. The zero-order valence-electron chi connectivity index (χ0n) is 8.23. The van der Waals surface area contributed by atoms with Gasteiger partial charge in [-0.25, -0.2) is 4.79 Å². The van der Waals surface area contributed by atoms with Crippen molar-refractivity contribution in [3.05, 3.63) is 0 Å². The Hall–Kier alpha value is -1.10. The van der Waals surface area contributed by atoms with Gasteiger partial charge in [0, 0.05) is 13.0 Å². The zero-order valence-corrected chi connectivity index (χ0v) is 8.23. The topological polar surface area (TPSA) is 66.8 Å². The third-order valence-electron chi connectivity index (χ3n) is 2.22. The molecule has 0 aliphatic carbocycles. The molecule has 1 N–H and O–H groups in total. The third kappa shape index (κ3) is 2.70. The molecular weight excluding hydrogens is 186 g/mol. The van der Waals surface area contributed by atoms with E-state index >= 15 is 0 Å². The van der Waals surface area contributed by atoms with Crippen LogP contribution in [-0.2, 0) is 14.3 Å². The van der Waals surface area contributed by atoms with Crippen LogP contribution in [0, 0.1) is 0 Å². The standard InChI is InChI=1S/C9H15NO4/c1-2-7(11)10-5-3-4-8(10)14-6-9(12)13/h8H,2-6H2,1H3,(H,12,13). The molecule has 80 valence electrons. The number of aliphatic carboxylic acids is 1. The summed E-state index contributed by atoms with van der Waals surface area (Å²) in [6.07, 6.45) is 1.72. The second-order valence-electron chi connectivity index (χ2n) is 3.24. The molecule has 1 aliphatic rings. The van der Waals surface area contributed by atoms with Crippen molar-refractivity contribution in [2.45, 2.75) is 32.4 Å². The maximum absolute atomic E-state index is 11.4. The number of rotatable bonds is 4. The molecule has 0 saturated carbocycles. The van der Waals surface area contributed by atoms with Crippen molar-refractivity contribution in [1.29, 1.82) is 0 Å². The second kappa shape index (κ2) is 4.95. The predicted octanol–water partition coefficient (Wildman–Crippen LogP) is 0.446. The monoisotopic (exact) mass is 201 g/mol. The van der Waals surface area contributed by atoms with Gasteiger partial charge in [0.15, 0.2) is 0 Å². The first kappa shape index (κ1) is 11.0. The van der Waals surface area contributed by atoms with Crippen LogP contribution >= 0.6 is 0 Å². The SMILES string of the molecule is CCC(=O)N1CCCC1OCC(=O)O. The van der Waals surface area contributed by atoms with Gasteiger partial charge in [0.2, 0.25) is 5.91 Å². The van der Waals surface area contributed by atoms with Crippen LogP contribution in [0.5, 0.6) is 0 Å². The molecule has 1 aliphatic heterocycles. The maximum atomic E-state index is 11.4. The Balaban J connectivity index is 2.42. The fraction of sp³-hybridized carbons (Fsp3) is 0.778. The van der Waals surface area contributed by atoms with Crippen LogP contribution in [0.4, 0.5) is 0 Å². The van der Waals surface area contributed by atoms with Gasteiger partial charge in [-0.1, -0.05) is 6.92 Å². The van der Waals surface area contributed by atoms with Crippen LogP contribution in [0.25, 0.3) is 0 Å². The number of hydrogen-bond acceptors (Lipinski definition) is 3. The van der Waals surface area contributed by atoms with Gasteiger partial charge in [0.05, 0.1) is 0 Å². The van der Waals surface area contributed by atoms with Crippen LogP contribution in [0.15, 0.2) is 0 Å². The summed E-state index contributed by atoms with van der Waals surface area (Å²) in [4.78, 5) is 23.3. The minimum atomic E-state index is -0.999. The van der Waals surface area contributed by atoms with E-state index < -0.39 is 5.97 Å². The van der Waals surface area contributed by atoms with Crippen molar-refractivity contribution >= 4 is 11.9 Å². The predicted molar refractivity (Wildman–Crippen MR) is 48.6 cm³/mol. The van der Waals surface area contributed by atoms with E-state index in [4.69, 9.17) is 9.84 Å². The number of nitrogens with zero attached hydrogens (tertiary/aromatic N) is 1. The van der Waals surface area contributed by atoms with Crippen LogP contribution in [0.1, 0.15) is 26.2 Å². The van der Waals surface area contributed by atoms with Gasteiger partial charge in [-0.3, -0.25) is 4.79 Å². The molecule has 0 aromatic rings. The lowest BCUT2D eigenvalue weighted by Gasteiger charge is -2.23. The van der Waals surface area contributed by atoms with Crippen molar-refractivity contribution < 1.29 is 19.4 Å². The van der Waals surface area contributed by atoms with Gasteiger partial charge in [-0.15, -0.1) is 0 Å². The van der Waals surface area contributed by atoms with Crippen molar-refractivity contribution in [3.63, 3.8) is 0 Å². The van der Waals surface area contributed by atoms with Crippen molar-refractivity contribution in [1.82, 2.24) is 4.90 Å². The largest absolute Gasteiger partial charge is 0.480 e. The minimum Gasteiger partial charge on any atom is -0.480 e. The summed E-state index contributed by atoms with van der Waals surface area (Å²) in [6.45, 7) is 2.13. The molecule has 1 unspecified atom stereocenters. The van der Waals surface area contributed by atoms with E-state index in [1.807, 2.05) is 0 Å². The molecule has 14 heavy (non-hydrogen) atoms. The number of amides is 1. The average Bonchev–Trinajstić information content (AvgIpc) is 2.61. The lowest BCUT2D eigenvalue weighted by Crippen LogP contribution is -2.37. The average molecular weight is 201 g/mol. The van der Waals surface area contributed by atoms with Crippen molar-refractivity contribution in [2.75, 3.05) is 13.2 Å². The molecule has 5 heteroatoms. The molecule has 1 saturated heterocycles.